The Balaban J connectivity index is 1.46. The molecule has 0 spiro atoms. The van der Waals surface area contributed by atoms with Crippen molar-refractivity contribution >= 4 is 29.0 Å². The number of benzene rings is 1. The molecule has 0 bridgehead atoms. The SMILES string of the molecule is CCCCCOc1ccc(NC(=S)NC(=O)N2CCC(C#N)(c3ccccc3)CC2)cn1. The lowest BCUT2D eigenvalue weighted by Crippen LogP contribution is -2.50. The number of pyridine rings is 1. The zero-order chi connectivity index (χ0) is 22.8. The fraction of sp³-hybridized carbons (Fsp3) is 0.417. The molecule has 7 nitrogen and oxygen atoms in total. The minimum atomic E-state index is -0.553. The third kappa shape index (κ3) is 6.17. The van der Waals surface area contributed by atoms with Crippen LogP contribution in [-0.4, -0.2) is 40.7 Å². The van der Waals surface area contributed by atoms with Crippen LogP contribution in [0, 0.1) is 11.3 Å². The van der Waals surface area contributed by atoms with Crippen LogP contribution < -0.4 is 15.4 Å². The summed E-state index contributed by atoms with van der Waals surface area (Å²) in [5, 5.41) is 15.7. The molecule has 0 atom stereocenters. The molecule has 1 aromatic heterocycles. The van der Waals surface area contributed by atoms with E-state index in [1.54, 1.807) is 17.2 Å². The normalized spacial score (nSPS) is 14.8. The third-order valence-electron chi connectivity index (χ3n) is 5.66. The molecule has 0 saturated carbocycles. The third-order valence-corrected chi connectivity index (χ3v) is 5.86. The summed E-state index contributed by atoms with van der Waals surface area (Å²) in [6.07, 6.45) is 6.08. The second-order valence-corrected chi connectivity index (χ2v) is 8.28. The number of urea groups is 1. The van der Waals surface area contributed by atoms with Crippen molar-refractivity contribution in [3.8, 4) is 11.9 Å². The molecule has 1 aliphatic heterocycles. The van der Waals surface area contributed by atoms with Crippen molar-refractivity contribution < 1.29 is 9.53 Å². The lowest BCUT2D eigenvalue weighted by atomic mass is 9.74. The number of anilines is 1. The predicted molar refractivity (Wildman–Crippen MR) is 129 cm³/mol. The van der Waals surface area contributed by atoms with Gasteiger partial charge in [-0.05, 0) is 43.1 Å². The average molecular weight is 452 g/mol. The Bertz CT molecular complexity index is 935. The van der Waals surface area contributed by atoms with Gasteiger partial charge in [-0.2, -0.15) is 5.26 Å². The second kappa shape index (κ2) is 11.4. The maximum absolute atomic E-state index is 12.6. The Labute approximate surface area is 194 Å². The number of nitrogens with zero attached hydrogens (tertiary/aromatic N) is 3. The first-order valence-corrected chi connectivity index (χ1v) is 11.4. The number of unbranched alkanes of at least 4 members (excludes halogenated alkanes) is 2. The molecular weight excluding hydrogens is 422 g/mol. The second-order valence-electron chi connectivity index (χ2n) is 7.87. The van der Waals surface area contributed by atoms with E-state index in [4.69, 9.17) is 17.0 Å². The van der Waals surface area contributed by atoms with E-state index in [2.05, 4.69) is 28.6 Å². The minimum Gasteiger partial charge on any atom is -0.478 e. The van der Waals surface area contributed by atoms with Crippen molar-refractivity contribution in [2.45, 2.75) is 44.4 Å². The topological polar surface area (TPSA) is 90.3 Å². The van der Waals surface area contributed by atoms with Gasteiger partial charge in [0.15, 0.2) is 5.11 Å². The number of amides is 2. The summed E-state index contributed by atoms with van der Waals surface area (Å²) in [6.45, 7) is 3.77. The maximum atomic E-state index is 12.6. The number of rotatable bonds is 7. The molecule has 32 heavy (non-hydrogen) atoms. The summed E-state index contributed by atoms with van der Waals surface area (Å²) in [4.78, 5) is 18.6. The van der Waals surface area contributed by atoms with Crippen LogP contribution in [0.2, 0.25) is 0 Å². The fourth-order valence-electron chi connectivity index (χ4n) is 3.72. The van der Waals surface area contributed by atoms with Crippen molar-refractivity contribution in [1.29, 1.82) is 5.26 Å². The number of nitriles is 1. The van der Waals surface area contributed by atoms with E-state index in [-0.39, 0.29) is 11.1 Å². The van der Waals surface area contributed by atoms with Gasteiger partial charge < -0.3 is 15.0 Å². The van der Waals surface area contributed by atoms with Gasteiger partial charge in [0, 0.05) is 19.2 Å². The predicted octanol–water partition coefficient (Wildman–Crippen LogP) is 4.61. The molecule has 1 saturated heterocycles. The van der Waals surface area contributed by atoms with E-state index in [9.17, 15) is 10.1 Å². The summed E-state index contributed by atoms with van der Waals surface area (Å²) in [5.41, 5.74) is 1.12. The van der Waals surface area contributed by atoms with E-state index < -0.39 is 5.41 Å². The highest BCUT2D eigenvalue weighted by molar-refractivity contribution is 7.80. The number of carbonyl (C=O) groups excluding carboxylic acids is 1. The maximum Gasteiger partial charge on any atom is 0.323 e. The molecular formula is C24H29N5O2S. The van der Waals surface area contributed by atoms with E-state index in [1.807, 2.05) is 36.4 Å². The Morgan fingerprint density at radius 1 is 1.22 bits per heavy atom. The Morgan fingerprint density at radius 3 is 2.59 bits per heavy atom. The number of ether oxygens (including phenoxy) is 1. The molecule has 0 unspecified atom stereocenters. The van der Waals surface area contributed by atoms with Crippen LogP contribution in [-0.2, 0) is 5.41 Å². The van der Waals surface area contributed by atoms with Gasteiger partial charge in [-0.15, -0.1) is 0 Å². The van der Waals surface area contributed by atoms with Gasteiger partial charge in [0.25, 0.3) is 0 Å². The Kier molecular flexibility index (Phi) is 8.40. The lowest BCUT2D eigenvalue weighted by Gasteiger charge is -2.37. The molecule has 8 heteroatoms. The molecule has 0 radical (unpaired) electrons. The molecule has 1 aliphatic rings. The highest BCUT2D eigenvalue weighted by atomic mass is 32.1. The molecule has 2 amide bonds. The highest BCUT2D eigenvalue weighted by Crippen LogP contribution is 2.34. The Morgan fingerprint density at radius 2 is 1.97 bits per heavy atom. The van der Waals surface area contributed by atoms with Gasteiger partial charge in [0.2, 0.25) is 5.88 Å². The Hall–Kier alpha value is -3.18. The van der Waals surface area contributed by atoms with Gasteiger partial charge in [0.05, 0.1) is 30.0 Å². The van der Waals surface area contributed by atoms with Crippen molar-refractivity contribution in [2.75, 3.05) is 25.0 Å². The molecule has 2 aromatic rings. The number of piperidine rings is 1. The van der Waals surface area contributed by atoms with Crippen LogP contribution in [0.3, 0.4) is 0 Å². The molecule has 0 aliphatic carbocycles. The van der Waals surface area contributed by atoms with Gasteiger partial charge in [-0.3, -0.25) is 5.32 Å². The number of hydrogen-bond acceptors (Lipinski definition) is 5. The van der Waals surface area contributed by atoms with Gasteiger partial charge in [-0.25, -0.2) is 9.78 Å². The fourth-order valence-corrected chi connectivity index (χ4v) is 3.93. The van der Waals surface area contributed by atoms with Crippen molar-refractivity contribution in [2.24, 2.45) is 0 Å². The lowest BCUT2D eigenvalue weighted by molar-refractivity contribution is 0.176. The summed E-state index contributed by atoms with van der Waals surface area (Å²) >= 11 is 5.28. The van der Waals surface area contributed by atoms with Gasteiger partial charge in [-0.1, -0.05) is 50.1 Å². The molecule has 3 rings (SSSR count). The largest absolute Gasteiger partial charge is 0.478 e. The van der Waals surface area contributed by atoms with Crippen molar-refractivity contribution in [3.63, 3.8) is 0 Å². The number of nitrogens with one attached hydrogen (secondary N) is 2. The standard InChI is InChI=1S/C24H29N5O2S/c1-2-3-7-16-31-21-11-10-20(17-26-21)27-22(32)28-23(30)29-14-12-24(18-25,13-15-29)19-8-5-4-6-9-19/h4-6,8-11,17H,2-3,7,12-16H2,1H3,(H2,27,28,30,32). The molecule has 2 N–H and O–H groups in total. The van der Waals surface area contributed by atoms with Gasteiger partial charge in [0.1, 0.15) is 0 Å². The summed E-state index contributed by atoms with van der Waals surface area (Å²) in [5.74, 6) is 0.564. The molecule has 168 valence electrons. The van der Waals surface area contributed by atoms with E-state index >= 15 is 0 Å². The first kappa shape index (κ1) is 23.5. The van der Waals surface area contributed by atoms with Crippen LogP contribution in [0.25, 0.3) is 0 Å². The number of hydrogen-bond donors (Lipinski definition) is 2. The smallest absolute Gasteiger partial charge is 0.323 e. The average Bonchev–Trinajstić information content (AvgIpc) is 2.83. The number of thiocarbonyl (C=S) groups is 1. The van der Waals surface area contributed by atoms with Crippen LogP contribution in [0.1, 0.15) is 44.6 Å². The van der Waals surface area contributed by atoms with E-state index in [0.717, 1.165) is 24.8 Å². The first-order chi connectivity index (χ1) is 15.6. The van der Waals surface area contributed by atoms with Gasteiger partial charge >= 0.3 is 6.03 Å². The molecule has 1 fully saturated rings. The summed E-state index contributed by atoms with van der Waals surface area (Å²) in [7, 11) is 0. The number of likely N-dealkylation sites (tertiary alicyclic amines) is 1. The van der Waals surface area contributed by atoms with E-state index in [0.29, 0.717) is 44.1 Å². The zero-order valence-electron chi connectivity index (χ0n) is 18.3. The summed E-state index contributed by atoms with van der Waals surface area (Å²) in [6, 6.07) is 15.6. The number of carbonyl (C=O) groups is 1. The zero-order valence-corrected chi connectivity index (χ0v) is 19.2. The summed E-state index contributed by atoms with van der Waals surface area (Å²) < 4.78 is 5.60. The minimum absolute atomic E-state index is 0.202. The van der Waals surface area contributed by atoms with E-state index in [1.165, 1.54) is 0 Å². The molecule has 2 heterocycles. The first-order valence-electron chi connectivity index (χ1n) is 11.0. The van der Waals surface area contributed by atoms with Crippen LogP contribution >= 0.6 is 12.2 Å². The van der Waals surface area contributed by atoms with Crippen molar-refractivity contribution in [3.05, 3.63) is 54.2 Å². The quantitative estimate of drug-likeness (QED) is 0.472. The number of aromatic nitrogens is 1. The van der Waals surface area contributed by atoms with Crippen LogP contribution in [0.15, 0.2) is 48.7 Å². The van der Waals surface area contributed by atoms with Crippen LogP contribution in [0.4, 0.5) is 10.5 Å². The monoisotopic (exact) mass is 451 g/mol. The highest BCUT2D eigenvalue weighted by Gasteiger charge is 2.37. The van der Waals surface area contributed by atoms with Crippen LogP contribution in [0.5, 0.6) is 5.88 Å². The molecule has 1 aromatic carbocycles. The van der Waals surface area contributed by atoms with Crippen molar-refractivity contribution in [1.82, 2.24) is 15.2 Å².